The Morgan fingerprint density at radius 3 is 2.28 bits per heavy atom. The zero-order valence-electron chi connectivity index (χ0n) is 24.6. The van der Waals surface area contributed by atoms with Gasteiger partial charge in [-0.15, -0.1) is 11.3 Å². The van der Waals surface area contributed by atoms with E-state index in [4.69, 9.17) is 16.3 Å². The second-order valence-electron chi connectivity index (χ2n) is 10.6. The van der Waals surface area contributed by atoms with Crippen LogP contribution in [0.2, 0.25) is 5.02 Å². The molecule has 5 aromatic carbocycles. The average molecular weight is 726 g/mol. The molecule has 0 aliphatic rings. The van der Waals surface area contributed by atoms with Crippen molar-refractivity contribution < 1.29 is 24.2 Å². The molecular formula is C37H26BrClN2O5S. The Bertz CT molecular complexity index is 2100. The van der Waals surface area contributed by atoms with Gasteiger partial charge in [0.1, 0.15) is 22.4 Å². The first-order valence-electron chi connectivity index (χ1n) is 14.5. The van der Waals surface area contributed by atoms with E-state index >= 15 is 0 Å². The monoisotopic (exact) mass is 724 g/mol. The van der Waals surface area contributed by atoms with Crippen molar-refractivity contribution in [2.75, 3.05) is 5.32 Å². The molecule has 1 aromatic heterocycles. The number of hydrogen-bond donors (Lipinski definition) is 3. The molecule has 0 saturated carbocycles. The summed E-state index contributed by atoms with van der Waals surface area (Å²) < 4.78 is 7.54. The van der Waals surface area contributed by atoms with Crippen molar-refractivity contribution in [3.05, 3.63) is 147 Å². The Morgan fingerprint density at radius 2 is 1.53 bits per heavy atom. The van der Waals surface area contributed by atoms with Crippen LogP contribution in [-0.2, 0) is 11.2 Å². The minimum atomic E-state index is -1.23. The lowest BCUT2D eigenvalue weighted by Gasteiger charge is -2.17. The molecule has 1 unspecified atom stereocenters. The van der Waals surface area contributed by atoms with Gasteiger partial charge in [0.05, 0.1) is 16.3 Å². The number of para-hydroxylation sites is 2. The lowest BCUT2D eigenvalue weighted by molar-refractivity contribution is -0.139. The van der Waals surface area contributed by atoms with Crippen molar-refractivity contribution >= 4 is 72.4 Å². The second-order valence-corrected chi connectivity index (χ2v) is 12.9. The molecular weight excluding hydrogens is 700 g/mol. The molecule has 7 nitrogen and oxygen atoms in total. The maximum atomic E-state index is 13.5. The predicted molar refractivity (Wildman–Crippen MR) is 190 cm³/mol. The van der Waals surface area contributed by atoms with Crippen LogP contribution in [0.25, 0.3) is 21.2 Å². The van der Waals surface area contributed by atoms with Crippen molar-refractivity contribution in [1.29, 1.82) is 0 Å². The van der Waals surface area contributed by atoms with Crippen LogP contribution in [-0.4, -0.2) is 28.9 Å². The fourth-order valence-corrected chi connectivity index (χ4v) is 6.83. The summed E-state index contributed by atoms with van der Waals surface area (Å²) in [6, 6.07) is 35.6. The number of carbonyl (C=O) groups is 3. The highest BCUT2D eigenvalue weighted by Gasteiger charge is 2.25. The summed E-state index contributed by atoms with van der Waals surface area (Å²) in [4.78, 5) is 39.3. The largest absolute Gasteiger partial charge is 0.480 e. The summed E-state index contributed by atoms with van der Waals surface area (Å²) >= 11 is 11.1. The fourth-order valence-electron chi connectivity index (χ4n) is 5.05. The number of thiophene rings is 1. The van der Waals surface area contributed by atoms with Crippen molar-refractivity contribution in [3.63, 3.8) is 0 Å². The first-order valence-corrected chi connectivity index (χ1v) is 16.5. The van der Waals surface area contributed by atoms with Crippen LogP contribution >= 0.6 is 38.9 Å². The van der Waals surface area contributed by atoms with Crippen molar-refractivity contribution in [2.45, 2.75) is 12.5 Å². The van der Waals surface area contributed by atoms with E-state index in [1.165, 1.54) is 17.4 Å². The summed E-state index contributed by atoms with van der Waals surface area (Å²) in [6.45, 7) is 0. The van der Waals surface area contributed by atoms with E-state index in [0.29, 0.717) is 31.4 Å². The number of hydrogen-bond acceptors (Lipinski definition) is 5. The van der Waals surface area contributed by atoms with Gasteiger partial charge < -0.3 is 20.5 Å². The molecule has 1 heterocycles. The number of carbonyl (C=O) groups excluding carboxylic acids is 2. The lowest BCUT2D eigenvalue weighted by atomic mass is 9.99. The fraction of sp³-hybridized carbons (Fsp3) is 0.0541. The predicted octanol–water partition coefficient (Wildman–Crippen LogP) is 9.45. The van der Waals surface area contributed by atoms with Gasteiger partial charge >= 0.3 is 5.97 Å². The van der Waals surface area contributed by atoms with E-state index in [1.807, 2.05) is 103 Å². The van der Waals surface area contributed by atoms with E-state index in [9.17, 15) is 19.5 Å². The maximum absolute atomic E-state index is 13.5. The highest BCUT2D eigenvalue weighted by Crippen LogP contribution is 2.36. The van der Waals surface area contributed by atoms with Gasteiger partial charge in [0.2, 0.25) is 0 Å². The smallest absolute Gasteiger partial charge is 0.326 e. The number of anilines is 1. The standard InChI is InChI=1S/C37H26BrClN2O5S/c38-24-18-19-29(40-36(43)34-33(39)27-11-5-7-13-32(27)47-34)28(21-24)35(42)41-30(37(44)45)20-22-14-16-23(17-15-22)26-10-4-6-12-31(26)46-25-8-2-1-3-9-25/h1-19,21,30H,20H2,(H,40,43)(H,41,42)(H,44,45). The number of fused-ring (bicyclic) bond motifs is 1. The van der Waals surface area contributed by atoms with Crippen LogP contribution in [0.4, 0.5) is 5.69 Å². The number of aliphatic carboxylic acids is 1. The van der Waals surface area contributed by atoms with Crippen LogP contribution in [0.1, 0.15) is 25.6 Å². The summed E-state index contributed by atoms with van der Waals surface area (Å²) in [6.07, 6.45) is 0.0383. The van der Waals surface area contributed by atoms with Gasteiger partial charge in [-0.2, -0.15) is 0 Å². The number of halogens is 2. The quantitative estimate of drug-likeness (QED) is 0.131. The molecule has 6 rings (SSSR count). The molecule has 0 spiro atoms. The number of ether oxygens (including phenoxy) is 1. The molecule has 0 saturated heterocycles. The van der Waals surface area contributed by atoms with E-state index in [-0.39, 0.29) is 17.7 Å². The molecule has 0 aliphatic heterocycles. The van der Waals surface area contributed by atoms with Gasteiger partial charge in [-0.3, -0.25) is 9.59 Å². The van der Waals surface area contributed by atoms with Crippen molar-refractivity contribution in [3.8, 4) is 22.6 Å². The summed E-state index contributed by atoms with van der Waals surface area (Å²) in [5, 5.41) is 16.5. The number of nitrogens with one attached hydrogen (secondary N) is 2. The molecule has 6 aromatic rings. The average Bonchev–Trinajstić information content (AvgIpc) is 3.42. The molecule has 10 heteroatoms. The molecule has 47 heavy (non-hydrogen) atoms. The van der Waals surface area contributed by atoms with Crippen molar-refractivity contribution in [1.82, 2.24) is 5.32 Å². The van der Waals surface area contributed by atoms with Crippen LogP contribution < -0.4 is 15.4 Å². The van der Waals surface area contributed by atoms with Gasteiger partial charge in [-0.25, -0.2) is 4.79 Å². The van der Waals surface area contributed by atoms with Crippen molar-refractivity contribution in [2.24, 2.45) is 0 Å². The Morgan fingerprint density at radius 1 is 0.830 bits per heavy atom. The molecule has 0 fully saturated rings. The van der Waals surface area contributed by atoms with E-state index in [0.717, 1.165) is 21.2 Å². The molecule has 0 radical (unpaired) electrons. The Hall–Kier alpha value is -4.96. The van der Waals surface area contributed by atoms with Gasteiger partial charge in [-0.05, 0) is 53.6 Å². The van der Waals surface area contributed by atoms with Crippen LogP contribution in [0.5, 0.6) is 11.5 Å². The number of carboxylic acids is 1. The molecule has 3 N–H and O–H groups in total. The zero-order valence-corrected chi connectivity index (χ0v) is 27.7. The maximum Gasteiger partial charge on any atom is 0.326 e. The van der Waals surface area contributed by atoms with E-state index in [2.05, 4.69) is 26.6 Å². The highest BCUT2D eigenvalue weighted by atomic mass is 79.9. The van der Waals surface area contributed by atoms with E-state index < -0.39 is 23.8 Å². The van der Waals surface area contributed by atoms with Crippen LogP contribution in [0.15, 0.2) is 126 Å². The topological polar surface area (TPSA) is 105 Å². The minimum Gasteiger partial charge on any atom is -0.480 e. The number of carboxylic acid groups (broad SMARTS) is 1. The SMILES string of the molecule is O=C(NC(Cc1ccc(-c2ccccc2Oc2ccccc2)cc1)C(=O)O)c1cc(Br)ccc1NC(=O)c1sc2ccccc2c1Cl. The Balaban J connectivity index is 1.18. The normalized spacial score (nSPS) is 11.5. The molecule has 234 valence electrons. The molecule has 2 amide bonds. The third kappa shape index (κ3) is 7.38. The molecule has 0 bridgehead atoms. The van der Waals surface area contributed by atoms with Gasteiger partial charge in [0, 0.05) is 26.5 Å². The first kappa shape index (κ1) is 32.0. The number of rotatable bonds is 10. The third-order valence-electron chi connectivity index (χ3n) is 7.38. The zero-order chi connectivity index (χ0) is 32.9. The second kappa shape index (κ2) is 14.2. The van der Waals surface area contributed by atoms with Gasteiger partial charge in [0.25, 0.3) is 11.8 Å². The minimum absolute atomic E-state index is 0.0383. The molecule has 0 aliphatic carbocycles. The lowest BCUT2D eigenvalue weighted by Crippen LogP contribution is -2.42. The summed E-state index contributed by atoms with van der Waals surface area (Å²) in [5.41, 5.74) is 2.80. The van der Waals surface area contributed by atoms with Crippen LogP contribution in [0, 0.1) is 0 Å². The third-order valence-corrected chi connectivity index (χ3v) is 9.55. The number of benzene rings is 5. The summed E-state index contributed by atoms with van der Waals surface area (Å²) in [7, 11) is 0. The Labute approximate surface area is 287 Å². The van der Waals surface area contributed by atoms with Gasteiger partial charge in [0.15, 0.2) is 0 Å². The van der Waals surface area contributed by atoms with Gasteiger partial charge in [-0.1, -0.05) is 106 Å². The highest BCUT2D eigenvalue weighted by molar-refractivity contribution is 9.10. The van der Waals surface area contributed by atoms with E-state index in [1.54, 1.807) is 12.1 Å². The summed E-state index contributed by atoms with van der Waals surface area (Å²) in [5.74, 6) is -0.915. The number of amides is 2. The molecule has 1 atom stereocenters. The first-order chi connectivity index (χ1) is 22.8. The Kier molecular flexibility index (Phi) is 9.68. The van der Waals surface area contributed by atoms with Crippen LogP contribution in [0.3, 0.4) is 0 Å².